The molecule has 0 bridgehead atoms. The third kappa shape index (κ3) is 3.80. The van der Waals surface area contributed by atoms with Crippen molar-refractivity contribution in [2.45, 2.75) is 58.2 Å². The topological polar surface area (TPSA) is 35.2 Å². The van der Waals surface area contributed by atoms with Crippen molar-refractivity contribution in [2.24, 2.45) is 11.7 Å². The van der Waals surface area contributed by atoms with Crippen LogP contribution in [0.25, 0.3) is 0 Å². The highest BCUT2D eigenvalue weighted by Crippen LogP contribution is 2.32. The Hall–Kier alpha value is -0.860. The second kappa shape index (κ2) is 7.06. The molecule has 3 unspecified atom stereocenters. The Morgan fingerprint density at radius 2 is 2.11 bits per heavy atom. The predicted octanol–water partition coefficient (Wildman–Crippen LogP) is 3.98. The van der Waals surface area contributed by atoms with E-state index >= 15 is 0 Å². The normalized spacial score (nSPS) is 25.2. The highest BCUT2D eigenvalue weighted by atomic mass is 16.5. The summed E-state index contributed by atoms with van der Waals surface area (Å²) >= 11 is 0. The number of aryl methyl sites for hydroxylation is 1. The average molecular weight is 261 g/mol. The largest absolute Gasteiger partial charge is 0.369 e. The molecule has 2 N–H and O–H groups in total. The lowest BCUT2D eigenvalue weighted by molar-refractivity contribution is -0.0586. The van der Waals surface area contributed by atoms with E-state index in [0.29, 0.717) is 18.6 Å². The summed E-state index contributed by atoms with van der Waals surface area (Å²) in [4.78, 5) is 0. The Bertz CT molecular complexity index is 391. The van der Waals surface area contributed by atoms with E-state index in [9.17, 15) is 0 Å². The van der Waals surface area contributed by atoms with Crippen molar-refractivity contribution < 1.29 is 4.74 Å². The zero-order chi connectivity index (χ0) is 13.7. The molecule has 1 saturated carbocycles. The zero-order valence-corrected chi connectivity index (χ0v) is 12.3. The molecule has 0 heterocycles. The van der Waals surface area contributed by atoms with Gasteiger partial charge >= 0.3 is 0 Å². The molecule has 106 valence electrons. The number of benzene rings is 1. The zero-order valence-electron chi connectivity index (χ0n) is 12.3. The van der Waals surface area contributed by atoms with Gasteiger partial charge in [0.1, 0.15) is 0 Å². The summed E-state index contributed by atoms with van der Waals surface area (Å²) in [5, 5.41) is 0. The fraction of sp³-hybridized carbons (Fsp3) is 0.647. The van der Waals surface area contributed by atoms with E-state index in [1.807, 2.05) is 0 Å². The molecule has 1 aliphatic rings. The molecule has 0 spiro atoms. The first-order valence-corrected chi connectivity index (χ1v) is 7.66. The third-order valence-electron chi connectivity index (χ3n) is 4.33. The van der Waals surface area contributed by atoms with Gasteiger partial charge in [0.15, 0.2) is 0 Å². The summed E-state index contributed by atoms with van der Waals surface area (Å²) in [5.41, 5.74) is 8.43. The van der Waals surface area contributed by atoms with Gasteiger partial charge < -0.3 is 10.5 Å². The first-order chi connectivity index (χ1) is 9.24. The molecule has 0 saturated heterocycles. The molecule has 0 amide bonds. The van der Waals surface area contributed by atoms with Crippen LogP contribution in [0, 0.1) is 12.8 Å². The molecule has 2 nitrogen and oxygen atoms in total. The minimum Gasteiger partial charge on any atom is -0.369 e. The summed E-state index contributed by atoms with van der Waals surface area (Å²) in [6, 6.07) is 8.54. The molecule has 0 aliphatic heterocycles. The van der Waals surface area contributed by atoms with E-state index in [1.165, 1.54) is 43.2 Å². The van der Waals surface area contributed by atoms with Crippen LogP contribution in [0.5, 0.6) is 0 Å². The quantitative estimate of drug-likeness (QED) is 0.870. The minimum atomic E-state index is 0.0528. The molecule has 1 fully saturated rings. The molecule has 19 heavy (non-hydrogen) atoms. The van der Waals surface area contributed by atoms with Crippen LogP contribution in [0.3, 0.4) is 0 Å². The summed E-state index contributed by atoms with van der Waals surface area (Å²) in [6.07, 6.45) is 6.83. The number of rotatable bonds is 5. The van der Waals surface area contributed by atoms with E-state index in [0.717, 1.165) is 0 Å². The van der Waals surface area contributed by atoms with Crippen LogP contribution in [-0.2, 0) is 4.74 Å². The van der Waals surface area contributed by atoms with E-state index in [2.05, 4.69) is 38.1 Å². The van der Waals surface area contributed by atoms with Gasteiger partial charge in [0.2, 0.25) is 0 Å². The molecule has 1 aromatic rings. The Balaban J connectivity index is 2.05. The lowest BCUT2D eigenvalue weighted by Crippen LogP contribution is -2.31. The van der Waals surface area contributed by atoms with E-state index in [1.54, 1.807) is 0 Å². The monoisotopic (exact) mass is 261 g/mol. The summed E-state index contributed by atoms with van der Waals surface area (Å²) in [7, 11) is 0. The van der Waals surface area contributed by atoms with Gasteiger partial charge in [0.25, 0.3) is 0 Å². The average Bonchev–Trinajstić information content (AvgIpc) is 2.45. The molecule has 2 heteroatoms. The van der Waals surface area contributed by atoms with E-state index in [4.69, 9.17) is 10.5 Å². The van der Waals surface area contributed by atoms with Crippen molar-refractivity contribution >= 4 is 0 Å². The van der Waals surface area contributed by atoms with Crippen LogP contribution in [0.1, 0.15) is 56.3 Å². The first-order valence-electron chi connectivity index (χ1n) is 7.66. The summed E-state index contributed by atoms with van der Waals surface area (Å²) in [6.45, 7) is 4.96. The lowest BCUT2D eigenvalue weighted by Gasteiger charge is -2.34. The van der Waals surface area contributed by atoms with Gasteiger partial charge in [-0.05, 0) is 31.2 Å². The fourth-order valence-corrected chi connectivity index (χ4v) is 3.17. The SMILES string of the molecule is CCC1CCCCC1OC(CN)c1cccc(C)c1. The van der Waals surface area contributed by atoms with Crippen molar-refractivity contribution in [3.8, 4) is 0 Å². The number of hydrogen-bond acceptors (Lipinski definition) is 2. The molecule has 0 radical (unpaired) electrons. The van der Waals surface area contributed by atoms with Gasteiger partial charge in [-0.15, -0.1) is 0 Å². The Morgan fingerprint density at radius 3 is 2.79 bits per heavy atom. The Morgan fingerprint density at radius 1 is 1.32 bits per heavy atom. The predicted molar refractivity (Wildman–Crippen MR) is 80.1 cm³/mol. The smallest absolute Gasteiger partial charge is 0.0951 e. The van der Waals surface area contributed by atoms with Crippen molar-refractivity contribution in [3.05, 3.63) is 35.4 Å². The van der Waals surface area contributed by atoms with Gasteiger partial charge in [-0.25, -0.2) is 0 Å². The van der Waals surface area contributed by atoms with Crippen LogP contribution in [0.4, 0.5) is 0 Å². The molecule has 0 aromatic heterocycles. The van der Waals surface area contributed by atoms with E-state index < -0.39 is 0 Å². The highest BCUT2D eigenvalue weighted by molar-refractivity contribution is 5.24. The van der Waals surface area contributed by atoms with Gasteiger partial charge in [-0.1, -0.05) is 56.0 Å². The number of ether oxygens (including phenoxy) is 1. The van der Waals surface area contributed by atoms with Crippen LogP contribution < -0.4 is 5.73 Å². The maximum absolute atomic E-state index is 6.36. The Kier molecular flexibility index (Phi) is 5.41. The standard InChI is InChI=1S/C17H27NO/c1-3-14-8-4-5-10-16(14)19-17(12-18)15-9-6-7-13(2)11-15/h6-7,9,11,14,16-17H,3-5,8,10,12,18H2,1-2H3. The van der Waals surface area contributed by atoms with Crippen molar-refractivity contribution in [2.75, 3.05) is 6.54 Å². The second-order valence-corrected chi connectivity index (χ2v) is 5.77. The van der Waals surface area contributed by atoms with Crippen LogP contribution in [-0.4, -0.2) is 12.6 Å². The van der Waals surface area contributed by atoms with Gasteiger partial charge in [0, 0.05) is 6.54 Å². The van der Waals surface area contributed by atoms with Crippen molar-refractivity contribution in [1.29, 1.82) is 0 Å². The van der Waals surface area contributed by atoms with Gasteiger partial charge in [0.05, 0.1) is 12.2 Å². The highest BCUT2D eigenvalue weighted by Gasteiger charge is 2.27. The molecule has 1 aliphatic carbocycles. The first kappa shape index (κ1) is 14.5. The molecular formula is C17H27NO. The second-order valence-electron chi connectivity index (χ2n) is 5.77. The van der Waals surface area contributed by atoms with Crippen LogP contribution >= 0.6 is 0 Å². The summed E-state index contributed by atoms with van der Waals surface area (Å²) < 4.78 is 6.36. The van der Waals surface area contributed by atoms with Crippen molar-refractivity contribution in [3.63, 3.8) is 0 Å². The summed E-state index contributed by atoms with van der Waals surface area (Å²) in [5.74, 6) is 0.715. The fourth-order valence-electron chi connectivity index (χ4n) is 3.17. The lowest BCUT2D eigenvalue weighted by atomic mass is 9.84. The van der Waals surface area contributed by atoms with Crippen LogP contribution in [0.2, 0.25) is 0 Å². The van der Waals surface area contributed by atoms with Gasteiger partial charge in [-0.3, -0.25) is 0 Å². The number of hydrogen-bond donors (Lipinski definition) is 1. The maximum Gasteiger partial charge on any atom is 0.0951 e. The molecular weight excluding hydrogens is 234 g/mol. The maximum atomic E-state index is 6.36. The molecule has 2 rings (SSSR count). The minimum absolute atomic E-state index is 0.0528. The van der Waals surface area contributed by atoms with E-state index in [-0.39, 0.29) is 6.10 Å². The third-order valence-corrected chi connectivity index (χ3v) is 4.33. The molecule has 3 atom stereocenters. The van der Waals surface area contributed by atoms with Crippen molar-refractivity contribution in [1.82, 2.24) is 0 Å². The molecule has 1 aromatic carbocycles. The van der Waals surface area contributed by atoms with Crippen LogP contribution in [0.15, 0.2) is 24.3 Å². The van der Waals surface area contributed by atoms with Gasteiger partial charge in [-0.2, -0.15) is 0 Å². The Labute approximate surface area is 117 Å². The number of nitrogens with two attached hydrogens (primary N) is 1.